The number of anilines is 1. The number of benzene rings is 3. The molecule has 8 heteroatoms. The Morgan fingerprint density at radius 1 is 0.976 bits per heavy atom. The molecule has 0 saturated carbocycles. The predicted molar refractivity (Wildman–Crippen MR) is 159 cm³/mol. The van der Waals surface area contributed by atoms with E-state index in [0.29, 0.717) is 17.0 Å². The first kappa shape index (κ1) is 30.8. The summed E-state index contributed by atoms with van der Waals surface area (Å²) in [4.78, 5) is 41.9. The summed E-state index contributed by atoms with van der Waals surface area (Å²) in [5, 5.41) is 5.55. The maximum Gasteiger partial charge on any atom is 0.408 e. The summed E-state index contributed by atoms with van der Waals surface area (Å²) in [5.41, 5.74) is 2.75. The molecule has 3 aromatic rings. The molecule has 41 heavy (non-hydrogen) atoms. The average molecular weight is 556 g/mol. The van der Waals surface area contributed by atoms with Gasteiger partial charge in [-0.05, 0) is 75.6 Å². The summed E-state index contributed by atoms with van der Waals surface area (Å²) in [6.07, 6.45) is 5.31. The lowest BCUT2D eigenvalue weighted by atomic mass is 9.95. The fraction of sp³-hybridized carbons (Fsp3) is 0.303. The first-order chi connectivity index (χ1) is 19.4. The van der Waals surface area contributed by atoms with Gasteiger partial charge in [0.2, 0.25) is 0 Å². The molecule has 2 N–H and O–H groups in total. The lowest BCUT2D eigenvalue weighted by Crippen LogP contribution is -2.51. The summed E-state index contributed by atoms with van der Waals surface area (Å²) < 4.78 is 10.6. The van der Waals surface area contributed by atoms with Crippen molar-refractivity contribution in [1.82, 2.24) is 10.2 Å². The van der Waals surface area contributed by atoms with Crippen molar-refractivity contribution in [1.29, 1.82) is 0 Å². The molecule has 0 spiro atoms. The van der Waals surface area contributed by atoms with Gasteiger partial charge in [-0.1, -0.05) is 60.5 Å². The Morgan fingerprint density at radius 2 is 1.63 bits per heavy atom. The van der Waals surface area contributed by atoms with E-state index in [-0.39, 0.29) is 6.42 Å². The highest BCUT2D eigenvalue weighted by Crippen LogP contribution is 2.28. The van der Waals surface area contributed by atoms with Crippen molar-refractivity contribution >= 4 is 23.6 Å². The Kier molecular flexibility index (Phi) is 10.2. The third kappa shape index (κ3) is 8.61. The molecule has 0 fully saturated rings. The van der Waals surface area contributed by atoms with Gasteiger partial charge in [0.15, 0.2) is 0 Å². The molecule has 0 bridgehead atoms. The van der Waals surface area contributed by atoms with Crippen LogP contribution in [-0.4, -0.2) is 41.6 Å². The van der Waals surface area contributed by atoms with E-state index in [9.17, 15) is 14.4 Å². The molecule has 0 aliphatic heterocycles. The number of aryl methyl sites for hydroxylation is 2. The number of terminal acetylenes is 1. The number of rotatable bonds is 9. The van der Waals surface area contributed by atoms with E-state index in [4.69, 9.17) is 15.9 Å². The van der Waals surface area contributed by atoms with Crippen LogP contribution in [0.1, 0.15) is 49.1 Å². The Hall–Kier alpha value is -4.77. The molecule has 3 rings (SSSR count). The fourth-order valence-corrected chi connectivity index (χ4v) is 4.27. The highest BCUT2D eigenvalue weighted by molar-refractivity contribution is 6.00. The van der Waals surface area contributed by atoms with Gasteiger partial charge in [0, 0.05) is 18.2 Å². The second kappa shape index (κ2) is 13.5. The highest BCUT2D eigenvalue weighted by atomic mass is 16.6. The van der Waals surface area contributed by atoms with Crippen LogP contribution in [0.3, 0.4) is 0 Å². The van der Waals surface area contributed by atoms with E-state index < -0.39 is 35.6 Å². The SMILES string of the molecule is C#CN(C(=O)C(Cc1ccccc1)NC(=O)OC(C)(C)C)C(C(=O)Nc1ccc(OC)cc1)c1cc(C)ccc1C. The Morgan fingerprint density at radius 3 is 2.22 bits per heavy atom. The summed E-state index contributed by atoms with van der Waals surface area (Å²) >= 11 is 0. The van der Waals surface area contributed by atoms with Gasteiger partial charge in [0.1, 0.15) is 23.4 Å². The van der Waals surface area contributed by atoms with Crippen molar-refractivity contribution in [3.63, 3.8) is 0 Å². The zero-order chi connectivity index (χ0) is 30.2. The van der Waals surface area contributed by atoms with Crippen LogP contribution in [0.5, 0.6) is 5.75 Å². The first-order valence-electron chi connectivity index (χ1n) is 13.3. The molecular weight excluding hydrogens is 518 g/mol. The van der Waals surface area contributed by atoms with Gasteiger partial charge in [-0.15, -0.1) is 0 Å². The Balaban J connectivity index is 2.03. The smallest absolute Gasteiger partial charge is 0.408 e. The number of nitrogens with one attached hydrogen (secondary N) is 2. The van der Waals surface area contributed by atoms with E-state index in [1.54, 1.807) is 52.1 Å². The third-order valence-corrected chi connectivity index (χ3v) is 6.24. The zero-order valence-corrected chi connectivity index (χ0v) is 24.4. The molecular formula is C33H37N3O5. The number of alkyl carbamates (subject to hydrolysis) is 1. The molecule has 3 aromatic carbocycles. The molecule has 0 aliphatic rings. The van der Waals surface area contributed by atoms with Crippen LogP contribution in [0, 0.1) is 26.3 Å². The number of carbonyl (C=O) groups excluding carboxylic acids is 3. The minimum absolute atomic E-state index is 0.136. The lowest BCUT2D eigenvalue weighted by Gasteiger charge is -2.31. The van der Waals surface area contributed by atoms with Crippen LogP contribution in [0.2, 0.25) is 0 Å². The monoisotopic (exact) mass is 555 g/mol. The molecule has 0 heterocycles. The van der Waals surface area contributed by atoms with Crippen molar-refractivity contribution in [2.75, 3.05) is 12.4 Å². The van der Waals surface area contributed by atoms with Gasteiger partial charge in [0.05, 0.1) is 7.11 Å². The quantitative estimate of drug-likeness (QED) is 0.267. The van der Waals surface area contributed by atoms with Gasteiger partial charge in [-0.3, -0.25) is 14.5 Å². The van der Waals surface area contributed by atoms with Crippen molar-refractivity contribution in [2.24, 2.45) is 0 Å². The van der Waals surface area contributed by atoms with Crippen molar-refractivity contribution < 1.29 is 23.9 Å². The number of carbonyl (C=O) groups is 3. The highest BCUT2D eigenvalue weighted by Gasteiger charge is 2.37. The second-order valence-electron chi connectivity index (χ2n) is 10.7. The first-order valence-corrected chi connectivity index (χ1v) is 13.3. The third-order valence-electron chi connectivity index (χ3n) is 6.24. The van der Waals surface area contributed by atoms with E-state index in [1.807, 2.05) is 62.4 Å². The maximum atomic E-state index is 14.1. The molecule has 214 valence electrons. The number of hydrogen-bond acceptors (Lipinski definition) is 5. The van der Waals surface area contributed by atoms with Crippen LogP contribution in [0.4, 0.5) is 10.5 Å². The molecule has 3 amide bonds. The molecule has 0 radical (unpaired) electrons. The normalized spacial score (nSPS) is 12.3. The summed E-state index contributed by atoms with van der Waals surface area (Å²) in [5.74, 6) is -0.504. The van der Waals surface area contributed by atoms with Crippen LogP contribution < -0.4 is 15.4 Å². The van der Waals surface area contributed by atoms with Gasteiger partial charge >= 0.3 is 6.09 Å². The van der Waals surface area contributed by atoms with Gasteiger partial charge in [-0.25, -0.2) is 4.79 Å². The van der Waals surface area contributed by atoms with Gasteiger partial charge in [0.25, 0.3) is 11.8 Å². The number of methoxy groups -OCH3 is 1. The van der Waals surface area contributed by atoms with Crippen LogP contribution in [0.25, 0.3) is 0 Å². The van der Waals surface area contributed by atoms with E-state index >= 15 is 0 Å². The standard InChI is InChI=1S/C33H37N3O5/c1-8-36(31(38)28(21-24-12-10-9-11-13-24)35-32(39)41-33(4,5)6)29(27-20-22(2)14-15-23(27)3)30(37)34-25-16-18-26(40-7)19-17-25/h1,9-20,28-29H,21H2,2-7H3,(H,34,37)(H,35,39). The minimum Gasteiger partial charge on any atom is -0.497 e. The number of hydrogen-bond donors (Lipinski definition) is 2. The van der Waals surface area contributed by atoms with E-state index in [2.05, 4.69) is 16.7 Å². The molecule has 0 aromatic heterocycles. The maximum absolute atomic E-state index is 14.1. The van der Waals surface area contributed by atoms with Gasteiger partial charge in [-0.2, -0.15) is 0 Å². The van der Waals surface area contributed by atoms with Crippen LogP contribution in [-0.2, 0) is 20.7 Å². The average Bonchev–Trinajstić information content (AvgIpc) is 2.92. The van der Waals surface area contributed by atoms with Gasteiger partial charge < -0.3 is 20.1 Å². The molecule has 8 nitrogen and oxygen atoms in total. The topological polar surface area (TPSA) is 97.0 Å². The van der Waals surface area contributed by atoms with Crippen LogP contribution >= 0.6 is 0 Å². The van der Waals surface area contributed by atoms with E-state index in [0.717, 1.165) is 21.6 Å². The van der Waals surface area contributed by atoms with Crippen molar-refractivity contribution in [2.45, 2.75) is 58.7 Å². The van der Waals surface area contributed by atoms with E-state index in [1.165, 1.54) is 0 Å². The molecule has 2 unspecified atom stereocenters. The van der Waals surface area contributed by atoms with Crippen molar-refractivity contribution in [3.05, 3.63) is 95.1 Å². The Labute approximate surface area is 242 Å². The number of amides is 3. The Bertz CT molecular complexity index is 1410. The van der Waals surface area contributed by atoms with Crippen LogP contribution in [0.15, 0.2) is 72.8 Å². The largest absolute Gasteiger partial charge is 0.497 e. The fourth-order valence-electron chi connectivity index (χ4n) is 4.27. The van der Waals surface area contributed by atoms with Crippen molar-refractivity contribution in [3.8, 4) is 18.2 Å². The second-order valence-corrected chi connectivity index (χ2v) is 10.7. The number of nitrogens with zero attached hydrogens (tertiary/aromatic N) is 1. The zero-order valence-electron chi connectivity index (χ0n) is 24.4. The molecule has 0 aliphatic carbocycles. The lowest BCUT2D eigenvalue weighted by molar-refractivity contribution is -0.136. The minimum atomic E-state index is -1.19. The molecule has 0 saturated heterocycles. The predicted octanol–water partition coefficient (Wildman–Crippen LogP) is 5.55. The summed E-state index contributed by atoms with van der Waals surface area (Å²) in [6.45, 7) is 8.94. The summed E-state index contributed by atoms with van der Waals surface area (Å²) in [7, 11) is 1.55. The molecule has 2 atom stereocenters. The summed E-state index contributed by atoms with van der Waals surface area (Å²) in [6, 6.07) is 21.8. The number of ether oxygens (including phenoxy) is 2.